The summed E-state index contributed by atoms with van der Waals surface area (Å²) < 4.78 is 19.5. The zero-order chi connectivity index (χ0) is 22.4. The van der Waals surface area contributed by atoms with Crippen LogP contribution in [0.25, 0.3) is 5.70 Å². The summed E-state index contributed by atoms with van der Waals surface area (Å²) in [5.41, 5.74) is 4.85. The van der Waals surface area contributed by atoms with E-state index in [-0.39, 0.29) is 12.1 Å². The number of aromatic nitrogens is 4. The van der Waals surface area contributed by atoms with Gasteiger partial charge < -0.3 is 19.5 Å². The van der Waals surface area contributed by atoms with Crippen molar-refractivity contribution in [2.75, 3.05) is 19.5 Å². The minimum Gasteiger partial charge on any atom is -0.497 e. The Bertz CT molecular complexity index is 1360. The van der Waals surface area contributed by atoms with Crippen LogP contribution < -0.4 is 19.5 Å². The van der Waals surface area contributed by atoms with Gasteiger partial charge in [0.15, 0.2) is 0 Å². The van der Waals surface area contributed by atoms with Crippen molar-refractivity contribution in [1.29, 1.82) is 0 Å². The van der Waals surface area contributed by atoms with Gasteiger partial charge in [0.05, 0.1) is 19.9 Å². The highest BCUT2D eigenvalue weighted by molar-refractivity contribution is 5.85. The lowest BCUT2D eigenvalue weighted by Crippen LogP contribution is -2.32. The Hall–Kier alpha value is -4.33. The molecule has 6 rings (SSSR count). The predicted molar refractivity (Wildman–Crippen MR) is 122 cm³/mol. The summed E-state index contributed by atoms with van der Waals surface area (Å²) in [6, 6.07) is 23.5. The Balaban J connectivity index is 1.62. The number of anilines is 1. The highest BCUT2D eigenvalue weighted by Gasteiger charge is 2.42. The predicted octanol–water partition coefficient (Wildman–Crippen LogP) is 4.25. The van der Waals surface area contributed by atoms with Crippen molar-refractivity contribution in [1.82, 2.24) is 20.2 Å². The first-order valence-electron chi connectivity index (χ1n) is 10.6. The average Bonchev–Trinajstić information content (AvgIpc) is 3.35. The van der Waals surface area contributed by atoms with Crippen molar-refractivity contribution < 1.29 is 14.2 Å². The van der Waals surface area contributed by atoms with Crippen LogP contribution in [-0.2, 0) is 0 Å². The van der Waals surface area contributed by atoms with Crippen molar-refractivity contribution in [2.24, 2.45) is 0 Å². The summed E-state index contributed by atoms with van der Waals surface area (Å²) in [5, 5.41) is 16.0. The zero-order valence-electron chi connectivity index (χ0n) is 18.1. The Morgan fingerprint density at radius 2 is 1.70 bits per heavy atom. The van der Waals surface area contributed by atoms with E-state index in [9.17, 15) is 0 Å². The molecule has 1 aromatic heterocycles. The third-order valence-electron chi connectivity index (χ3n) is 6.09. The van der Waals surface area contributed by atoms with Gasteiger partial charge in [-0.05, 0) is 46.3 Å². The molecule has 4 aromatic rings. The number of para-hydroxylation sites is 2. The molecule has 0 radical (unpaired) electrons. The molecule has 0 bridgehead atoms. The van der Waals surface area contributed by atoms with Gasteiger partial charge in [0.25, 0.3) is 0 Å². The topological polar surface area (TPSA) is 83.3 Å². The quantitative estimate of drug-likeness (QED) is 0.509. The first-order valence-corrected chi connectivity index (χ1v) is 10.6. The molecule has 8 nitrogen and oxygen atoms in total. The number of hydrogen-bond acceptors (Lipinski definition) is 7. The molecular formula is C25H21N5O3. The number of nitrogens with one attached hydrogen (secondary N) is 1. The van der Waals surface area contributed by atoms with Crippen LogP contribution in [0, 0.1) is 0 Å². The molecule has 2 unspecified atom stereocenters. The van der Waals surface area contributed by atoms with Gasteiger partial charge in [0.1, 0.15) is 29.4 Å². The second-order valence-electron chi connectivity index (χ2n) is 7.81. The average molecular weight is 439 g/mol. The molecule has 3 heterocycles. The van der Waals surface area contributed by atoms with Crippen LogP contribution in [0.15, 0.2) is 78.4 Å². The fraction of sp³-hybridized carbons (Fsp3) is 0.160. The molecule has 2 aliphatic heterocycles. The highest BCUT2D eigenvalue weighted by Crippen LogP contribution is 2.51. The molecule has 0 saturated carbocycles. The molecule has 1 N–H and O–H groups in total. The maximum Gasteiger partial charge on any atom is 0.248 e. The number of hydrogen-bond donors (Lipinski definition) is 1. The maximum atomic E-state index is 6.62. The van der Waals surface area contributed by atoms with Crippen molar-refractivity contribution in [3.05, 3.63) is 95.1 Å². The van der Waals surface area contributed by atoms with E-state index in [0.717, 1.165) is 45.2 Å². The van der Waals surface area contributed by atoms with Crippen molar-refractivity contribution in [3.8, 4) is 17.2 Å². The summed E-state index contributed by atoms with van der Waals surface area (Å²) in [6.07, 6.45) is -0.374. The number of methoxy groups -OCH3 is 2. The van der Waals surface area contributed by atoms with E-state index in [4.69, 9.17) is 14.2 Å². The maximum absolute atomic E-state index is 6.62. The fourth-order valence-electron chi connectivity index (χ4n) is 4.58. The van der Waals surface area contributed by atoms with Crippen LogP contribution in [-0.4, -0.2) is 34.4 Å². The lowest BCUT2D eigenvalue weighted by Gasteiger charge is -2.38. The lowest BCUT2D eigenvalue weighted by atomic mass is 9.84. The summed E-state index contributed by atoms with van der Waals surface area (Å²) in [6.45, 7) is 0. The van der Waals surface area contributed by atoms with Crippen LogP contribution in [0.5, 0.6) is 17.2 Å². The lowest BCUT2D eigenvalue weighted by molar-refractivity contribution is 0.222. The van der Waals surface area contributed by atoms with E-state index in [1.807, 2.05) is 72.8 Å². The number of ether oxygens (including phenoxy) is 3. The molecule has 2 atom stereocenters. The largest absolute Gasteiger partial charge is 0.497 e. The van der Waals surface area contributed by atoms with Gasteiger partial charge in [-0.1, -0.05) is 47.6 Å². The standard InChI is InChI=1S/C25H21N5O3/c1-31-16-13-11-15(12-14-16)24-21-22(17-7-3-6-10-20(17)33-24)26-25-27-28-29-30(25)23(21)18-8-4-5-9-19(18)32-2/h3-14,23-24H,1-2H3,(H,26,27,29). The van der Waals surface area contributed by atoms with E-state index in [2.05, 4.69) is 20.8 Å². The van der Waals surface area contributed by atoms with Crippen LogP contribution >= 0.6 is 0 Å². The minimum atomic E-state index is -0.374. The van der Waals surface area contributed by atoms with Gasteiger partial charge in [-0.25, -0.2) is 0 Å². The summed E-state index contributed by atoms with van der Waals surface area (Å²) in [4.78, 5) is 0. The molecule has 2 aliphatic rings. The molecule has 0 fully saturated rings. The molecule has 8 heteroatoms. The number of tetrazole rings is 1. The summed E-state index contributed by atoms with van der Waals surface area (Å²) >= 11 is 0. The number of rotatable bonds is 4. The number of nitrogens with zero attached hydrogens (tertiary/aromatic N) is 4. The Labute approximate surface area is 190 Å². The molecular weight excluding hydrogens is 418 g/mol. The van der Waals surface area contributed by atoms with E-state index >= 15 is 0 Å². The van der Waals surface area contributed by atoms with E-state index < -0.39 is 0 Å². The molecule has 33 heavy (non-hydrogen) atoms. The molecule has 164 valence electrons. The number of fused-ring (bicyclic) bond motifs is 3. The van der Waals surface area contributed by atoms with Gasteiger partial charge in [-0.3, -0.25) is 0 Å². The van der Waals surface area contributed by atoms with Crippen LogP contribution in [0.2, 0.25) is 0 Å². The van der Waals surface area contributed by atoms with Gasteiger partial charge >= 0.3 is 0 Å². The van der Waals surface area contributed by atoms with E-state index in [1.54, 1.807) is 18.9 Å². The van der Waals surface area contributed by atoms with E-state index in [0.29, 0.717) is 5.95 Å². The van der Waals surface area contributed by atoms with Gasteiger partial charge in [-0.15, -0.1) is 0 Å². The van der Waals surface area contributed by atoms with E-state index in [1.165, 1.54) is 0 Å². The monoisotopic (exact) mass is 439 g/mol. The third-order valence-corrected chi connectivity index (χ3v) is 6.09. The second-order valence-corrected chi connectivity index (χ2v) is 7.81. The number of benzene rings is 3. The van der Waals surface area contributed by atoms with Crippen molar-refractivity contribution in [2.45, 2.75) is 12.1 Å². The summed E-state index contributed by atoms with van der Waals surface area (Å²) in [5.74, 6) is 2.90. The second kappa shape index (κ2) is 7.67. The SMILES string of the molecule is COc1ccc(C2Oc3ccccc3C3=C2C(c2ccccc2OC)n2nnnc2N3)cc1. The molecule has 3 aromatic carbocycles. The Morgan fingerprint density at radius 1 is 0.909 bits per heavy atom. The first-order chi connectivity index (χ1) is 16.3. The van der Waals surface area contributed by atoms with Crippen LogP contribution in [0.3, 0.4) is 0 Å². The van der Waals surface area contributed by atoms with Crippen molar-refractivity contribution >= 4 is 11.6 Å². The van der Waals surface area contributed by atoms with Crippen LogP contribution in [0.4, 0.5) is 5.95 Å². The Morgan fingerprint density at radius 3 is 2.52 bits per heavy atom. The highest BCUT2D eigenvalue weighted by atomic mass is 16.5. The molecule has 0 saturated heterocycles. The first kappa shape index (κ1) is 19.4. The fourth-order valence-corrected chi connectivity index (χ4v) is 4.58. The van der Waals surface area contributed by atoms with Gasteiger partial charge in [-0.2, -0.15) is 4.68 Å². The molecule has 0 spiro atoms. The van der Waals surface area contributed by atoms with Gasteiger partial charge in [0.2, 0.25) is 5.95 Å². The Kier molecular flexibility index (Phi) is 4.50. The van der Waals surface area contributed by atoms with Crippen molar-refractivity contribution in [3.63, 3.8) is 0 Å². The normalized spacial score (nSPS) is 18.4. The molecule has 0 amide bonds. The zero-order valence-corrected chi connectivity index (χ0v) is 18.1. The van der Waals surface area contributed by atoms with Crippen LogP contribution in [0.1, 0.15) is 28.8 Å². The molecule has 0 aliphatic carbocycles. The summed E-state index contributed by atoms with van der Waals surface area (Å²) in [7, 11) is 3.33. The smallest absolute Gasteiger partial charge is 0.248 e. The van der Waals surface area contributed by atoms with Gasteiger partial charge in [0, 0.05) is 16.7 Å². The third kappa shape index (κ3) is 3.02. The minimum absolute atomic E-state index is 0.331.